The summed E-state index contributed by atoms with van der Waals surface area (Å²) in [6.45, 7) is 4.40. The zero-order valence-corrected chi connectivity index (χ0v) is 13.7. The number of rotatable bonds is 2. The van der Waals surface area contributed by atoms with Gasteiger partial charge in [-0.05, 0) is 26.0 Å². The van der Waals surface area contributed by atoms with Crippen molar-refractivity contribution in [2.75, 3.05) is 0 Å². The maximum Gasteiger partial charge on any atom is 0.358 e. The van der Waals surface area contributed by atoms with Crippen molar-refractivity contribution in [3.8, 4) is 0 Å². The minimum Gasteiger partial charge on any atom is -1.00 e. The van der Waals surface area contributed by atoms with Gasteiger partial charge in [0, 0.05) is 11.1 Å². The Morgan fingerprint density at radius 2 is 1.06 bits per heavy atom. The Labute approximate surface area is 125 Å². The lowest BCUT2D eigenvalue weighted by Gasteiger charge is -1.94. The van der Waals surface area contributed by atoms with Crippen LogP contribution in [0.1, 0.15) is 11.1 Å². The SMILES string of the molecule is Cc1ccccc1[I+]c1ccccc1C.[I-]. The summed E-state index contributed by atoms with van der Waals surface area (Å²) in [5.74, 6) is 0. The molecule has 0 aliphatic rings. The molecule has 2 rings (SSSR count). The first-order chi connectivity index (χ1) is 7.27. The first kappa shape index (κ1) is 14.0. The number of hydrogen-bond donors (Lipinski definition) is 0. The van der Waals surface area contributed by atoms with E-state index in [2.05, 4.69) is 62.4 Å². The van der Waals surface area contributed by atoms with Crippen LogP contribution in [-0.4, -0.2) is 0 Å². The monoisotopic (exact) mass is 436 g/mol. The van der Waals surface area contributed by atoms with Crippen LogP contribution in [0.15, 0.2) is 48.5 Å². The summed E-state index contributed by atoms with van der Waals surface area (Å²) < 4.78 is 3.07. The van der Waals surface area contributed by atoms with E-state index < -0.39 is 0 Å². The molecule has 0 aliphatic heterocycles. The summed E-state index contributed by atoms with van der Waals surface area (Å²) in [5, 5.41) is 0. The fourth-order valence-electron chi connectivity index (χ4n) is 1.42. The van der Waals surface area contributed by atoms with Crippen LogP contribution in [-0.2, 0) is 0 Å². The van der Waals surface area contributed by atoms with E-state index >= 15 is 0 Å². The lowest BCUT2D eigenvalue weighted by atomic mass is 10.2. The lowest BCUT2D eigenvalue weighted by Crippen LogP contribution is -3.62. The fraction of sp³-hybridized carbons (Fsp3) is 0.143. The second kappa shape index (κ2) is 6.59. The molecule has 0 unspecified atom stereocenters. The van der Waals surface area contributed by atoms with Crippen molar-refractivity contribution < 1.29 is 45.2 Å². The highest BCUT2D eigenvalue weighted by Crippen LogP contribution is 1.97. The van der Waals surface area contributed by atoms with Gasteiger partial charge in [0.2, 0.25) is 0 Å². The van der Waals surface area contributed by atoms with Gasteiger partial charge in [-0.1, -0.05) is 36.4 Å². The molecule has 0 heterocycles. The molecule has 2 aromatic rings. The Balaban J connectivity index is 0.00000128. The molecule has 0 nitrogen and oxygen atoms in total. The van der Waals surface area contributed by atoms with Crippen molar-refractivity contribution in [2.45, 2.75) is 13.8 Å². The predicted octanol–water partition coefficient (Wildman–Crippen LogP) is -2.56. The molecule has 16 heavy (non-hydrogen) atoms. The van der Waals surface area contributed by atoms with Gasteiger partial charge in [-0.15, -0.1) is 0 Å². The Morgan fingerprint density at radius 3 is 1.44 bits per heavy atom. The highest BCUT2D eigenvalue weighted by molar-refractivity contribution is 5.14. The van der Waals surface area contributed by atoms with Crippen LogP contribution in [0.3, 0.4) is 0 Å². The Bertz CT molecular complexity index is 420. The van der Waals surface area contributed by atoms with E-state index in [1.807, 2.05) is 0 Å². The first-order valence-electron chi connectivity index (χ1n) is 5.03. The molecular formula is C14H14I2. The lowest BCUT2D eigenvalue weighted by molar-refractivity contribution is -0.598. The molecule has 0 saturated carbocycles. The molecule has 0 radical (unpaired) electrons. The quantitative estimate of drug-likeness (QED) is 0.455. The van der Waals surface area contributed by atoms with Gasteiger partial charge in [0.15, 0.2) is 7.14 Å². The first-order valence-corrected chi connectivity index (χ1v) is 7.19. The number of hydrogen-bond acceptors (Lipinski definition) is 0. The van der Waals surface area contributed by atoms with Crippen molar-refractivity contribution >= 4 is 0 Å². The summed E-state index contributed by atoms with van der Waals surface area (Å²) in [4.78, 5) is 0. The summed E-state index contributed by atoms with van der Waals surface area (Å²) in [5.41, 5.74) is 2.85. The van der Waals surface area contributed by atoms with E-state index in [9.17, 15) is 0 Å². The highest BCUT2D eigenvalue weighted by atomic mass is 127. The molecule has 0 spiro atoms. The largest absolute Gasteiger partial charge is 1.00 e. The van der Waals surface area contributed by atoms with Crippen molar-refractivity contribution in [1.82, 2.24) is 0 Å². The zero-order chi connectivity index (χ0) is 10.7. The van der Waals surface area contributed by atoms with Crippen molar-refractivity contribution in [3.63, 3.8) is 0 Å². The van der Waals surface area contributed by atoms with E-state index in [0.29, 0.717) is 0 Å². The molecule has 0 aromatic heterocycles. The van der Waals surface area contributed by atoms with E-state index in [0.717, 1.165) is 0 Å². The van der Waals surface area contributed by atoms with E-state index in [1.54, 1.807) is 0 Å². The number of aryl methyl sites for hydroxylation is 2. The molecule has 0 atom stereocenters. The van der Waals surface area contributed by atoms with Crippen LogP contribution in [0.4, 0.5) is 0 Å². The second-order valence-corrected chi connectivity index (χ2v) is 6.46. The smallest absolute Gasteiger partial charge is 0.358 e. The maximum atomic E-state index is 2.26. The average Bonchev–Trinajstić information content (AvgIpc) is 2.24. The van der Waals surface area contributed by atoms with Gasteiger partial charge in [-0.25, -0.2) is 0 Å². The Hall–Kier alpha value is -0.100. The van der Waals surface area contributed by atoms with Gasteiger partial charge in [-0.2, -0.15) is 0 Å². The molecular weight excluding hydrogens is 422 g/mol. The number of benzene rings is 2. The van der Waals surface area contributed by atoms with Crippen molar-refractivity contribution in [1.29, 1.82) is 0 Å². The zero-order valence-electron chi connectivity index (χ0n) is 9.37. The van der Waals surface area contributed by atoms with Crippen molar-refractivity contribution in [2.24, 2.45) is 0 Å². The van der Waals surface area contributed by atoms with Crippen LogP contribution in [0.5, 0.6) is 0 Å². The summed E-state index contributed by atoms with van der Waals surface area (Å²) in [7, 11) is 0. The molecule has 0 fully saturated rings. The molecule has 0 saturated heterocycles. The van der Waals surface area contributed by atoms with Crippen LogP contribution < -0.4 is 45.2 Å². The molecule has 2 heteroatoms. The summed E-state index contributed by atoms with van der Waals surface area (Å²) in [6, 6.07) is 17.4. The van der Waals surface area contributed by atoms with Crippen LogP contribution in [0, 0.1) is 21.0 Å². The van der Waals surface area contributed by atoms with Gasteiger partial charge in [0.1, 0.15) is 0 Å². The number of halogens is 2. The van der Waals surface area contributed by atoms with E-state index in [1.165, 1.54) is 18.3 Å². The van der Waals surface area contributed by atoms with Gasteiger partial charge < -0.3 is 24.0 Å². The Kier molecular flexibility index (Phi) is 5.75. The molecule has 0 N–H and O–H groups in total. The van der Waals surface area contributed by atoms with Crippen molar-refractivity contribution in [3.05, 3.63) is 66.8 Å². The third kappa shape index (κ3) is 3.45. The predicted molar refractivity (Wildman–Crippen MR) is 59.8 cm³/mol. The third-order valence-electron chi connectivity index (χ3n) is 2.36. The third-order valence-corrected chi connectivity index (χ3v) is 5.94. The maximum absolute atomic E-state index is 2.26. The molecule has 0 amide bonds. The highest BCUT2D eigenvalue weighted by Gasteiger charge is 2.18. The van der Waals surface area contributed by atoms with E-state index in [-0.39, 0.29) is 45.2 Å². The van der Waals surface area contributed by atoms with Crippen LogP contribution in [0.2, 0.25) is 0 Å². The molecule has 0 aliphatic carbocycles. The van der Waals surface area contributed by atoms with Gasteiger partial charge in [0.25, 0.3) is 0 Å². The topological polar surface area (TPSA) is 0 Å². The Morgan fingerprint density at radius 1 is 0.688 bits per heavy atom. The van der Waals surface area contributed by atoms with Gasteiger partial charge >= 0.3 is 21.2 Å². The van der Waals surface area contributed by atoms with Crippen LogP contribution in [0.25, 0.3) is 0 Å². The second-order valence-electron chi connectivity index (χ2n) is 3.59. The molecule has 0 bridgehead atoms. The molecule has 84 valence electrons. The minimum absolute atomic E-state index is 0. The van der Waals surface area contributed by atoms with Gasteiger partial charge in [-0.3, -0.25) is 0 Å². The molecule has 2 aromatic carbocycles. The van der Waals surface area contributed by atoms with Crippen LogP contribution >= 0.6 is 0 Å². The fourth-order valence-corrected chi connectivity index (χ4v) is 4.03. The summed E-state index contributed by atoms with van der Waals surface area (Å²) >= 11 is -0.0147. The minimum atomic E-state index is -0.0147. The normalized spacial score (nSPS) is 9.62. The summed E-state index contributed by atoms with van der Waals surface area (Å²) in [6.07, 6.45) is 0. The van der Waals surface area contributed by atoms with Gasteiger partial charge in [0.05, 0.1) is 0 Å². The van der Waals surface area contributed by atoms with E-state index in [4.69, 9.17) is 0 Å². The standard InChI is InChI=1S/C14H14I.HI/c1-11-7-3-5-9-13(11)15-14-10-6-4-8-12(14)2;/h3-10H,1-2H3;1H/q+1;/p-1. The average molecular weight is 436 g/mol.